The maximum atomic E-state index is 13.8. The van der Waals surface area contributed by atoms with Crippen molar-refractivity contribution < 1.29 is 41.7 Å². The van der Waals surface area contributed by atoms with Crippen molar-refractivity contribution in [3.05, 3.63) is 64.0 Å². The number of carboxylic acid groups (broad SMARTS) is 2. The average Bonchev–Trinajstić information content (AvgIpc) is 3.03. The zero-order valence-corrected chi connectivity index (χ0v) is 18.0. The lowest BCUT2D eigenvalue weighted by molar-refractivity contribution is -0.139. The summed E-state index contributed by atoms with van der Waals surface area (Å²) in [5.41, 5.74) is 0.345. The molecule has 168 valence electrons. The third-order valence-corrected chi connectivity index (χ3v) is 7.04. The first-order chi connectivity index (χ1) is 15.0. The van der Waals surface area contributed by atoms with E-state index in [2.05, 4.69) is 4.72 Å². The van der Waals surface area contributed by atoms with Crippen molar-refractivity contribution in [3.63, 3.8) is 0 Å². The molecule has 0 bridgehead atoms. The highest BCUT2D eigenvalue weighted by molar-refractivity contribution is 7.92. The molecule has 0 atom stereocenters. The predicted octanol–water partition coefficient (Wildman–Crippen LogP) is 4.31. The van der Waals surface area contributed by atoms with Crippen LogP contribution in [0.15, 0.2) is 47.4 Å². The number of rotatable bonds is 8. The van der Waals surface area contributed by atoms with Crippen LogP contribution < -0.4 is 9.46 Å². The molecule has 2 aromatic carbocycles. The van der Waals surface area contributed by atoms with Crippen LogP contribution in [0.3, 0.4) is 0 Å². The number of carbonyl (C=O) groups is 2. The van der Waals surface area contributed by atoms with Gasteiger partial charge in [0.15, 0.2) is 22.1 Å². The molecule has 0 aliphatic carbocycles. The Bertz CT molecular complexity index is 1290. The zero-order chi connectivity index (χ0) is 23.6. The number of carboxylic acids is 2. The van der Waals surface area contributed by atoms with E-state index in [1.54, 1.807) is 0 Å². The Morgan fingerprint density at radius 2 is 1.66 bits per heavy atom. The van der Waals surface area contributed by atoms with Crippen LogP contribution in [0.25, 0.3) is 10.4 Å². The molecule has 0 radical (unpaired) electrons. The van der Waals surface area contributed by atoms with E-state index < -0.39 is 45.1 Å². The van der Waals surface area contributed by atoms with E-state index in [1.807, 2.05) is 0 Å². The SMILES string of the molecule is O=C(O)COc1c(C(=O)O)sc(-c2ccc(NS(=O)(=O)c3c(F)cccc3F)cc2)c1Cl. The zero-order valence-electron chi connectivity index (χ0n) is 15.6. The Morgan fingerprint density at radius 3 is 2.19 bits per heavy atom. The Morgan fingerprint density at radius 1 is 1.06 bits per heavy atom. The second-order valence-electron chi connectivity index (χ2n) is 6.12. The minimum atomic E-state index is -4.57. The Labute approximate surface area is 188 Å². The fraction of sp³-hybridized carbons (Fsp3) is 0.0526. The smallest absolute Gasteiger partial charge is 0.349 e. The lowest BCUT2D eigenvalue weighted by Crippen LogP contribution is -2.16. The molecule has 0 fully saturated rings. The summed E-state index contributed by atoms with van der Waals surface area (Å²) in [6.07, 6.45) is 0. The van der Waals surface area contributed by atoms with Crippen molar-refractivity contribution in [1.29, 1.82) is 0 Å². The van der Waals surface area contributed by atoms with E-state index in [0.29, 0.717) is 5.56 Å². The third kappa shape index (κ3) is 4.82. The number of nitrogens with one attached hydrogen (secondary N) is 1. The van der Waals surface area contributed by atoms with Gasteiger partial charge in [0.05, 0.1) is 4.88 Å². The molecule has 3 rings (SSSR count). The molecule has 32 heavy (non-hydrogen) atoms. The van der Waals surface area contributed by atoms with Crippen molar-refractivity contribution in [2.24, 2.45) is 0 Å². The topological polar surface area (TPSA) is 130 Å². The van der Waals surface area contributed by atoms with Crippen molar-refractivity contribution in [2.45, 2.75) is 4.90 Å². The molecular weight excluding hydrogens is 492 g/mol. The van der Waals surface area contributed by atoms with Gasteiger partial charge in [0.2, 0.25) is 0 Å². The number of aromatic carboxylic acids is 1. The summed E-state index contributed by atoms with van der Waals surface area (Å²) < 4.78 is 59.4. The monoisotopic (exact) mass is 503 g/mol. The van der Waals surface area contributed by atoms with E-state index >= 15 is 0 Å². The van der Waals surface area contributed by atoms with Crippen LogP contribution in [0.2, 0.25) is 5.02 Å². The van der Waals surface area contributed by atoms with Gasteiger partial charge in [0, 0.05) is 5.69 Å². The van der Waals surface area contributed by atoms with Crippen LogP contribution in [0.1, 0.15) is 9.67 Å². The minimum absolute atomic E-state index is 0.0232. The second kappa shape index (κ2) is 9.10. The van der Waals surface area contributed by atoms with Gasteiger partial charge in [-0.25, -0.2) is 26.8 Å². The largest absolute Gasteiger partial charge is 0.479 e. The van der Waals surface area contributed by atoms with Crippen molar-refractivity contribution >= 4 is 50.6 Å². The number of sulfonamides is 1. The van der Waals surface area contributed by atoms with Crippen LogP contribution in [0.5, 0.6) is 5.75 Å². The first kappa shape index (κ1) is 23.4. The summed E-state index contributed by atoms with van der Waals surface area (Å²) in [5, 5.41) is 17.9. The predicted molar refractivity (Wildman–Crippen MR) is 112 cm³/mol. The lowest BCUT2D eigenvalue weighted by Gasteiger charge is -2.10. The highest BCUT2D eigenvalue weighted by Gasteiger charge is 2.26. The standard InChI is InChI=1S/C19H12ClF2NO7S2/c20-14-15(30-8-13(24)25)17(19(26)27)31-16(14)9-4-6-10(7-5-9)23-32(28,29)18-11(21)2-1-3-12(18)22/h1-7,23H,8H2,(H,24,25)(H,26,27). The summed E-state index contributed by atoms with van der Waals surface area (Å²) in [6.45, 7) is -0.802. The number of hydrogen-bond acceptors (Lipinski definition) is 6. The molecule has 0 aliphatic rings. The van der Waals surface area contributed by atoms with Crippen molar-refractivity contribution in [1.82, 2.24) is 0 Å². The lowest BCUT2D eigenvalue weighted by atomic mass is 10.1. The van der Waals surface area contributed by atoms with Crippen LogP contribution in [0.4, 0.5) is 14.5 Å². The van der Waals surface area contributed by atoms with Gasteiger partial charge in [-0.1, -0.05) is 29.8 Å². The first-order valence-electron chi connectivity index (χ1n) is 8.48. The Balaban J connectivity index is 1.91. The summed E-state index contributed by atoms with van der Waals surface area (Å²) in [6, 6.07) is 7.98. The highest BCUT2D eigenvalue weighted by Crippen LogP contribution is 2.45. The number of hydrogen-bond donors (Lipinski definition) is 3. The molecule has 0 aliphatic heterocycles. The fourth-order valence-corrected chi connectivity index (χ4v) is 5.23. The van der Waals surface area contributed by atoms with E-state index in [4.69, 9.17) is 21.4 Å². The molecule has 0 unspecified atom stereocenters. The number of anilines is 1. The van der Waals surface area contributed by atoms with E-state index in [-0.39, 0.29) is 26.2 Å². The molecule has 3 N–H and O–H groups in total. The van der Waals surface area contributed by atoms with Crippen LogP contribution in [0, 0.1) is 11.6 Å². The van der Waals surface area contributed by atoms with Gasteiger partial charge in [0.1, 0.15) is 16.7 Å². The van der Waals surface area contributed by atoms with Crippen LogP contribution in [-0.2, 0) is 14.8 Å². The molecule has 8 nitrogen and oxygen atoms in total. The van der Waals surface area contributed by atoms with E-state index in [9.17, 15) is 31.9 Å². The van der Waals surface area contributed by atoms with Gasteiger partial charge in [-0.3, -0.25) is 4.72 Å². The quantitative estimate of drug-likeness (QED) is 0.417. The minimum Gasteiger partial charge on any atom is -0.479 e. The van der Waals surface area contributed by atoms with Gasteiger partial charge in [-0.05, 0) is 29.8 Å². The second-order valence-corrected chi connectivity index (χ2v) is 9.14. The summed E-state index contributed by atoms with van der Waals surface area (Å²) >= 11 is 6.92. The average molecular weight is 504 g/mol. The molecule has 0 saturated carbocycles. The fourth-order valence-electron chi connectivity index (χ4n) is 2.62. The van der Waals surface area contributed by atoms with Crippen molar-refractivity contribution in [3.8, 4) is 16.2 Å². The number of halogens is 3. The molecule has 13 heteroatoms. The van der Waals surface area contributed by atoms with Gasteiger partial charge < -0.3 is 14.9 Å². The van der Waals surface area contributed by atoms with Gasteiger partial charge in [0.25, 0.3) is 10.0 Å². The normalized spacial score (nSPS) is 11.2. The van der Waals surface area contributed by atoms with Gasteiger partial charge in [-0.15, -0.1) is 11.3 Å². The summed E-state index contributed by atoms with van der Waals surface area (Å²) in [5.74, 6) is -5.52. The summed E-state index contributed by atoms with van der Waals surface area (Å²) in [7, 11) is -4.57. The Hall–Kier alpha value is -3.22. The first-order valence-corrected chi connectivity index (χ1v) is 11.2. The van der Waals surface area contributed by atoms with Crippen LogP contribution >= 0.6 is 22.9 Å². The molecular formula is C19H12ClF2NO7S2. The van der Waals surface area contributed by atoms with Gasteiger partial charge >= 0.3 is 11.9 Å². The number of benzene rings is 2. The molecule has 0 spiro atoms. The molecule has 1 aromatic heterocycles. The Kier molecular flexibility index (Phi) is 6.67. The third-order valence-electron chi connectivity index (χ3n) is 3.93. The molecule has 1 heterocycles. The number of aliphatic carboxylic acids is 1. The number of thiophene rings is 1. The van der Waals surface area contributed by atoms with Gasteiger partial charge in [-0.2, -0.15) is 0 Å². The van der Waals surface area contributed by atoms with E-state index in [1.165, 1.54) is 24.3 Å². The maximum absolute atomic E-state index is 13.8. The number of ether oxygens (including phenoxy) is 1. The van der Waals surface area contributed by atoms with Crippen molar-refractivity contribution in [2.75, 3.05) is 11.3 Å². The maximum Gasteiger partial charge on any atom is 0.349 e. The molecule has 0 amide bonds. The molecule has 3 aromatic rings. The summed E-state index contributed by atoms with van der Waals surface area (Å²) in [4.78, 5) is 21.0. The van der Waals surface area contributed by atoms with E-state index in [0.717, 1.165) is 29.5 Å². The highest BCUT2D eigenvalue weighted by atomic mass is 35.5. The molecule has 0 saturated heterocycles. The van der Waals surface area contributed by atoms with Crippen LogP contribution in [-0.4, -0.2) is 37.2 Å².